The molecule has 2 aromatic heterocycles. The van der Waals surface area contributed by atoms with E-state index in [9.17, 15) is 14.9 Å². The zero-order chi connectivity index (χ0) is 19.6. The topological polar surface area (TPSA) is 65.6 Å². The summed E-state index contributed by atoms with van der Waals surface area (Å²) >= 11 is 1.30. The number of thioether (sulfide) groups is 1. The maximum Gasteiger partial charge on any atom is 0.274 e. The van der Waals surface area contributed by atoms with Crippen LogP contribution < -0.4 is 5.56 Å². The van der Waals surface area contributed by atoms with Gasteiger partial charge in [-0.2, -0.15) is 5.26 Å². The first kappa shape index (κ1) is 19.5. The number of hydrogen-bond acceptors (Lipinski definition) is 4. The monoisotopic (exact) mass is 383 g/mol. The molecular weight excluding hydrogens is 358 g/mol. The minimum atomic E-state index is -0.372. The molecule has 142 valence electrons. The Kier molecular flexibility index (Phi) is 5.91. The number of amides is 1. The van der Waals surface area contributed by atoms with Crippen molar-refractivity contribution >= 4 is 23.2 Å². The number of nitriles is 1. The number of pyridine rings is 2. The fraction of sp³-hybridized carbons (Fsp3) is 0.476. The van der Waals surface area contributed by atoms with Gasteiger partial charge in [0.15, 0.2) is 0 Å². The second kappa shape index (κ2) is 8.18. The van der Waals surface area contributed by atoms with Crippen LogP contribution in [0.1, 0.15) is 61.9 Å². The Morgan fingerprint density at radius 2 is 2.00 bits per heavy atom. The molecule has 5 nitrogen and oxygen atoms in total. The Labute approximate surface area is 164 Å². The van der Waals surface area contributed by atoms with Gasteiger partial charge >= 0.3 is 0 Å². The van der Waals surface area contributed by atoms with Gasteiger partial charge in [0, 0.05) is 23.2 Å². The second-order valence-electron chi connectivity index (χ2n) is 7.25. The maximum absolute atomic E-state index is 13.7. The Morgan fingerprint density at radius 1 is 1.30 bits per heavy atom. The van der Waals surface area contributed by atoms with E-state index in [0.29, 0.717) is 16.0 Å². The van der Waals surface area contributed by atoms with Crippen LogP contribution in [0.15, 0.2) is 34.1 Å². The number of carbonyl (C=O) groups excluding carboxylic acids is 1. The van der Waals surface area contributed by atoms with Crippen molar-refractivity contribution < 1.29 is 4.79 Å². The van der Waals surface area contributed by atoms with Gasteiger partial charge in [0.2, 0.25) is 0 Å². The summed E-state index contributed by atoms with van der Waals surface area (Å²) in [5.41, 5.74) is 0.709. The van der Waals surface area contributed by atoms with E-state index < -0.39 is 0 Å². The Bertz CT molecular complexity index is 952. The lowest BCUT2D eigenvalue weighted by molar-refractivity contribution is 0.0553. The molecule has 2 aromatic rings. The quantitative estimate of drug-likeness (QED) is 0.746. The molecule has 6 heteroatoms. The van der Waals surface area contributed by atoms with E-state index in [0.717, 1.165) is 25.7 Å². The van der Waals surface area contributed by atoms with Gasteiger partial charge in [-0.3, -0.25) is 14.0 Å². The zero-order valence-electron chi connectivity index (χ0n) is 16.1. The van der Waals surface area contributed by atoms with Crippen molar-refractivity contribution in [2.24, 2.45) is 0 Å². The Morgan fingerprint density at radius 3 is 2.59 bits per heavy atom. The van der Waals surface area contributed by atoms with Crippen LogP contribution in [0, 0.1) is 11.3 Å². The predicted molar refractivity (Wildman–Crippen MR) is 108 cm³/mol. The smallest absolute Gasteiger partial charge is 0.274 e. The van der Waals surface area contributed by atoms with Gasteiger partial charge in [-0.25, -0.2) is 0 Å². The molecule has 1 aliphatic carbocycles. The molecule has 1 amide bonds. The zero-order valence-corrected chi connectivity index (χ0v) is 16.9. The van der Waals surface area contributed by atoms with E-state index in [-0.39, 0.29) is 29.1 Å². The molecule has 27 heavy (non-hydrogen) atoms. The molecule has 0 radical (unpaired) electrons. The first-order valence-corrected chi connectivity index (χ1v) is 10.7. The average molecular weight is 384 g/mol. The van der Waals surface area contributed by atoms with Crippen LogP contribution in [-0.2, 0) is 0 Å². The lowest BCUT2D eigenvalue weighted by Gasteiger charge is -2.38. The van der Waals surface area contributed by atoms with Crippen molar-refractivity contribution in [1.29, 1.82) is 5.26 Å². The molecule has 0 spiro atoms. The van der Waals surface area contributed by atoms with E-state index in [4.69, 9.17) is 0 Å². The summed E-state index contributed by atoms with van der Waals surface area (Å²) in [6.45, 7) is 4.07. The first-order valence-electron chi connectivity index (χ1n) is 9.45. The van der Waals surface area contributed by atoms with Crippen molar-refractivity contribution in [1.82, 2.24) is 9.30 Å². The van der Waals surface area contributed by atoms with Crippen LogP contribution in [-0.4, -0.2) is 33.5 Å². The van der Waals surface area contributed by atoms with Gasteiger partial charge in [-0.1, -0.05) is 25.3 Å². The van der Waals surface area contributed by atoms with Crippen LogP contribution in [0.5, 0.6) is 0 Å². The third-order valence-corrected chi connectivity index (χ3v) is 6.11. The molecule has 1 fully saturated rings. The summed E-state index contributed by atoms with van der Waals surface area (Å²) in [6, 6.07) is 7.64. The van der Waals surface area contributed by atoms with Crippen molar-refractivity contribution in [2.45, 2.75) is 62.9 Å². The van der Waals surface area contributed by atoms with Crippen LogP contribution >= 0.6 is 11.8 Å². The van der Waals surface area contributed by atoms with E-state index in [1.54, 1.807) is 18.3 Å². The van der Waals surface area contributed by atoms with E-state index >= 15 is 0 Å². The number of rotatable bonds is 4. The minimum Gasteiger partial charge on any atom is -0.333 e. The lowest BCUT2D eigenvalue weighted by Crippen LogP contribution is -2.46. The fourth-order valence-corrected chi connectivity index (χ4v) is 4.84. The van der Waals surface area contributed by atoms with Gasteiger partial charge in [0.05, 0.1) is 11.1 Å². The Balaban J connectivity index is 2.25. The van der Waals surface area contributed by atoms with Crippen LogP contribution in [0.4, 0.5) is 0 Å². The maximum atomic E-state index is 13.7. The highest BCUT2D eigenvalue weighted by Gasteiger charge is 2.32. The van der Waals surface area contributed by atoms with Crippen molar-refractivity contribution in [2.75, 3.05) is 6.26 Å². The van der Waals surface area contributed by atoms with E-state index in [2.05, 4.69) is 0 Å². The highest BCUT2D eigenvalue weighted by molar-refractivity contribution is 7.98. The summed E-state index contributed by atoms with van der Waals surface area (Å²) in [5, 5.41) is 9.59. The Hall–Kier alpha value is -2.26. The summed E-state index contributed by atoms with van der Waals surface area (Å²) in [6.07, 6.45) is 8.94. The van der Waals surface area contributed by atoms with E-state index in [1.807, 2.05) is 37.1 Å². The van der Waals surface area contributed by atoms with Gasteiger partial charge in [0.1, 0.15) is 11.6 Å². The molecule has 0 atom stereocenters. The van der Waals surface area contributed by atoms with Gasteiger partial charge in [0.25, 0.3) is 11.5 Å². The molecular formula is C21H25N3O2S. The third kappa shape index (κ3) is 3.49. The summed E-state index contributed by atoms with van der Waals surface area (Å²) in [7, 11) is 0. The molecule has 3 rings (SSSR count). The molecule has 0 unspecified atom stereocenters. The molecule has 1 aliphatic rings. The minimum absolute atomic E-state index is 0.0434. The number of carbonyl (C=O) groups is 1. The van der Waals surface area contributed by atoms with Gasteiger partial charge in [-0.05, 0) is 45.1 Å². The number of nitrogens with zero attached hydrogens (tertiary/aromatic N) is 3. The molecule has 0 aromatic carbocycles. The molecule has 0 aliphatic heterocycles. The van der Waals surface area contributed by atoms with Crippen LogP contribution in [0.3, 0.4) is 0 Å². The number of aromatic nitrogens is 1. The van der Waals surface area contributed by atoms with Crippen LogP contribution in [0.2, 0.25) is 0 Å². The normalized spacial score (nSPS) is 15.1. The second-order valence-corrected chi connectivity index (χ2v) is 8.07. The van der Waals surface area contributed by atoms with Gasteiger partial charge < -0.3 is 4.90 Å². The van der Waals surface area contributed by atoms with E-state index in [1.165, 1.54) is 22.6 Å². The summed E-state index contributed by atoms with van der Waals surface area (Å²) in [4.78, 5) is 28.9. The standard InChI is InChI=1S/C21H25N3O2S/c1-14(2)24(15-9-5-4-6-10-15)21(26)18-17-11-7-8-12-23(17)20(25)16(13-22)19(18)27-3/h7-8,11-12,14-15H,4-6,9-10H2,1-3H3. The lowest BCUT2D eigenvalue weighted by atomic mass is 9.92. The summed E-state index contributed by atoms with van der Waals surface area (Å²) < 4.78 is 1.42. The number of hydrogen-bond donors (Lipinski definition) is 0. The average Bonchev–Trinajstić information content (AvgIpc) is 2.68. The molecule has 1 saturated carbocycles. The van der Waals surface area contributed by atoms with Crippen molar-refractivity contribution in [3.8, 4) is 6.07 Å². The molecule has 0 saturated heterocycles. The SMILES string of the molecule is CSc1c(C#N)c(=O)n2ccccc2c1C(=O)N(C(C)C)C1CCCCC1. The molecule has 2 heterocycles. The summed E-state index contributed by atoms with van der Waals surface area (Å²) in [5.74, 6) is -0.0820. The molecule has 0 N–H and O–H groups in total. The van der Waals surface area contributed by atoms with Gasteiger partial charge in [-0.15, -0.1) is 11.8 Å². The highest BCUT2D eigenvalue weighted by Crippen LogP contribution is 2.31. The van der Waals surface area contributed by atoms with Crippen molar-refractivity contribution in [3.63, 3.8) is 0 Å². The first-order chi connectivity index (χ1) is 13.0. The fourth-order valence-electron chi connectivity index (χ4n) is 4.10. The molecule has 0 bridgehead atoms. The largest absolute Gasteiger partial charge is 0.333 e. The number of fused-ring (bicyclic) bond motifs is 1. The third-order valence-electron chi connectivity index (χ3n) is 5.29. The van der Waals surface area contributed by atoms with Crippen LogP contribution in [0.25, 0.3) is 5.52 Å². The highest BCUT2D eigenvalue weighted by atomic mass is 32.2. The van der Waals surface area contributed by atoms with Crippen molar-refractivity contribution in [3.05, 3.63) is 45.9 Å². The predicted octanol–water partition coefficient (Wildman–Crippen LogP) is 4.08.